The average Bonchev–Trinajstić information content (AvgIpc) is 3.83. The molecular weight excluding hydrogens is 949 g/mol. The van der Waals surface area contributed by atoms with Crippen molar-refractivity contribution in [3.63, 3.8) is 0 Å². The van der Waals surface area contributed by atoms with E-state index in [4.69, 9.17) is 33.3 Å². The fourth-order valence-corrected chi connectivity index (χ4v) is 8.62. The number of alkyl carbamates (subject to hydrolysis) is 2. The summed E-state index contributed by atoms with van der Waals surface area (Å²) in [7, 11) is 2.88. The number of benzene rings is 2. The molecule has 4 fully saturated rings. The van der Waals surface area contributed by atoms with E-state index in [1.807, 2.05) is 20.8 Å². The maximum Gasteiger partial charge on any atom is 0.407 e. The number of hydrogen-bond donors (Lipinski definition) is 7. The Morgan fingerprint density at radius 2 is 1.27 bits per heavy atom. The summed E-state index contributed by atoms with van der Waals surface area (Å²) in [6.45, 7) is 5.49. The molecule has 4 atom stereocenters. The van der Waals surface area contributed by atoms with E-state index < -0.39 is 37.2 Å². The number of aromatic amines is 1. The minimum atomic E-state index is -0.546. The lowest BCUT2D eigenvalue weighted by Crippen LogP contribution is -2.36. The molecule has 4 aliphatic carbocycles. The number of anilines is 2. The van der Waals surface area contributed by atoms with E-state index in [2.05, 4.69) is 46.5 Å². The quantitative estimate of drug-likeness (QED) is 0.0337. The number of rotatable bonds is 23. The van der Waals surface area contributed by atoms with Gasteiger partial charge in [0, 0.05) is 84.0 Å². The number of methoxy groups -OCH3 is 2. The largest absolute Gasteiger partial charge is 0.507 e. The predicted octanol–water partition coefficient (Wildman–Crippen LogP) is 5.89. The van der Waals surface area contributed by atoms with Crippen LogP contribution in [0, 0.1) is 0 Å². The van der Waals surface area contributed by atoms with Crippen LogP contribution in [-0.2, 0) is 19.1 Å². The minimum Gasteiger partial charge on any atom is -0.507 e. The molecule has 7 N–H and O–H groups in total. The molecule has 73 heavy (non-hydrogen) atoms. The highest BCUT2D eigenvalue weighted by Crippen LogP contribution is 2.40. The third kappa shape index (κ3) is 14.0. The summed E-state index contributed by atoms with van der Waals surface area (Å²) in [5, 5.41) is 44.7. The molecule has 2 aromatic carbocycles. The smallest absolute Gasteiger partial charge is 0.407 e. The lowest BCUT2D eigenvalue weighted by atomic mass is 10.0. The van der Waals surface area contributed by atoms with Crippen molar-refractivity contribution in [3.8, 4) is 34.5 Å². The highest BCUT2D eigenvalue weighted by Gasteiger charge is 2.41. The van der Waals surface area contributed by atoms with Crippen molar-refractivity contribution in [1.82, 2.24) is 30.8 Å². The van der Waals surface area contributed by atoms with Crippen molar-refractivity contribution in [2.75, 3.05) is 57.8 Å². The van der Waals surface area contributed by atoms with Gasteiger partial charge in [0.1, 0.15) is 53.3 Å². The van der Waals surface area contributed by atoms with Gasteiger partial charge in [0.15, 0.2) is 24.8 Å². The van der Waals surface area contributed by atoms with Crippen LogP contribution >= 0.6 is 0 Å². The maximum atomic E-state index is 13.3. The summed E-state index contributed by atoms with van der Waals surface area (Å²) in [6, 6.07) is 9.31. The number of phenols is 2. The second kappa shape index (κ2) is 22.8. The Hall–Kier alpha value is -7.72. The molecule has 0 radical (unpaired) electrons. The van der Waals surface area contributed by atoms with Gasteiger partial charge in [0.05, 0.1) is 37.6 Å². The molecule has 23 heteroatoms. The van der Waals surface area contributed by atoms with Crippen LogP contribution in [-0.4, -0.2) is 137 Å². The number of amides is 4. The van der Waals surface area contributed by atoms with Crippen LogP contribution in [0.15, 0.2) is 46.4 Å². The summed E-state index contributed by atoms with van der Waals surface area (Å²) in [5.74, 6) is -0.0483. The van der Waals surface area contributed by atoms with E-state index in [0.29, 0.717) is 49.5 Å². The van der Waals surface area contributed by atoms with Crippen LogP contribution < -0.4 is 45.1 Å². The summed E-state index contributed by atoms with van der Waals surface area (Å²) in [6.07, 6.45) is 9.05. The monoisotopic (exact) mass is 1010 g/mol. The molecule has 4 amide bonds. The van der Waals surface area contributed by atoms with Gasteiger partial charge in [0.25, 0.3) is 11.8 Å². The first-order valence-corrected chi connectivity index (χ1v) is 24.5. The standard InChI is InChI=1S/C50H64N10O13/c1-6-51-25-35-39(61)19-33(67-4)21-41(35)70-28-46(64)54-44-24-38(30-8-10-32(18-30)73-48(66)56-50(3)13-14-50)60(59-44)71-16-15-52-26-36-40(62)20-34(68-5)22-42(36)69-27-45(63)53-43-23-37(57-58-43)29-7-9-31(17-29)72-47(65)55-49(2)11-12-49/h19-26,29-32,61-62H,6-18,27-28H2,1-5H3,(H,55,65)(H,56,66)(H,54,59,64)(H2,53,57,58,63)/t29?,30?,31-,32?/m1/s1. The van der Waals surface area contributed by atoms with Crippen LogP contribution in [0.25, 0.3) is 0 Å². The molecular formula is C50H64N10O13. The molecule has 2 heterocycles. The second-order valence-corrected chi connectivity index (χ2v) is 19.3. The van der Waals surface area contributed by atoms with Gasteiger partial charge >= 0.3 is 12.2 Å². The van der Waals surface area contributed by atoms with E-state index in [-0.39, 0.29) is 94.0 Å². The molecule has 0 saturated heterocycles. The van der Waals surface area contributed by atoms with Gasteiger partial charge in [-0.2, -0.15) is 5.10 Å². The Balaban J connectivity index is 0.872. The molecule has 0 spiro atoms. The number of aliphatic imine (C=N–C) groups is 2. The molecule has 4 saturated carbocycles. The van der Waals surface area contributed by atoms with Crippen molar-refractivity contribution < 1.29 is 62.6 Å². The molecule has 4 aliphatic rings. The Morgan fingerprint density at radius 1 is 0.740 bits per heavy atom. The van der Waals surface area contributed by atoms with Crippen LogP contribution in [0.1, 0.15) is 119 Å². The fourth-order valence-electron chi connectivity index (χ4n) is 8.62. The van der Waals surface area contributed by atoms with Gasteiger partial charge < -0.3 is 64.7 Å². The normalized spacial score (nSPS) is 20.3. The molecule has 3 unspecified atom stereocenters. The SMILES string of the molecule is CCN=Cc1c(O)cc(OC)cc1OCC(=O)Nc1cc(C2CCC(OC(=O)NC3(C)CC3)C2)n(OCCN=Cc2c(O)cc(OC)cc2OCC(=O)Nc2cc(C3CC[C@@H](OC(=O)NC4(C)CC4)C3)[nH]n2)n1. The Morgan fingerprint density at radius 3 is 1.82 bits per heavy atom. The van der Waals surface area contributed by atoms with E-state index in [9.17, 15) is 29.4 Å². The first-order valence-electron chi connectivity index (χ1n) is 24.5. The number of nitrogens with one attached hydrogen (secondary N) is 5. The van der Waals surface area contributed by atoms with Crippen LogP contribution in [0.5, 0.6) is 34.5 Å². The van der Waals surface area contributed by atoms with E-state index in [1.165, 1.54) is 49.7 Å². The fraction of sp³-hybridized carbons (Fsp3) is 0.520. The zero-order valence-electron chi connectivity index (χ0n) is 41.7. The predicted molar refractivity (Wildman–Crippen MR) is 266 cm³/mol. The van der Waals surface area contributed by atoms with Gasteiger partial charge in [-0.05, 0) is 85.0 Å². The summed E-state index contributed by atoms with van der Waals surface area (Å²) >= 11 is 0. The molecule has 23 nitrogen and oxygen atoms in total. The van der Waals surface area contributed by atoms with Crippen LogP contribution in [0.4, 0.5) is 21.2 Å². The Kier molecular flexibility index (Phi) is 16.1. The van der Waals surface area contributed by atoms with E-state index in [1.54, 1.807) is 18.2 Å². The summed E-state index contributed by atoms with van der Waals surface area (Å²) in [4.78, 5) is 67.4. The Labute approximate surface area is 421 Å². The molecule has 8 rings (SSSR count). The van der Waals surface area contributed by atoms with Crippen LogP contribution in [0.3, 0.4) is 0 Å². The number of carbonyl (C=O) groups is 4. The van der Waals surface area contributed by atoms with Crippen molar-refractivity contribution >= 4 is 48.1 Å². The van der Waals surface area contributed by atoms with Gasteiger partial charge in [-0.25, -0.2) is 9.59 Å². The molecule has 4 aromatic rings. The van der Waals surface area contributed by atoms with Gasteiger partial charge in [0.2, 0.25) is 0 Å². The van der Waals surface area contributed by atoms with E-state index >= 15 is 0 Å². The third-order valence-electron chi connectivity index (χ3n) is 13.3. The molecule has 0 aliphatic heterocycles. The summed E-state index contributed by atoms with van der Waals surface area (Å²) < 4.78 is 33.7. The Bertz CT molecular complexity index is 2690. The zero-order valence-corrected chi connectivity index (χ0v) is 41.7. The molecule has 392 valence electrons. The van der Waals surface area contributed by atoms with Crippen molar-refractivity contribution in [2.45, 2.75) is 120 Å². The number of ether oxygens (including phenoxy) is 6. The number of phenolic OH excluding ortho intramolecular Hbond substituents is 2. The van der Waals surface area contributed by atoms with Crippen molar-refractivity contribution in [3.05, 3.63) is 58.9 Å². The number of aromatic nitrogens is 4. The lowest BCUT2D eigenvalue weighted by Gasteiger charge is -2.16. The summed E-state index contributed by atoms with van der Waals surface area (Å²) in [5.41, 5.74) is 1.54. The minimum absolute atomic E-state index is 0.00125. The van der Waals surface area contributed by atoms with Crippen LogP contribution in [0.2, 0.25) is 0 Å². The maximum absolute atomic E-state index is 13.3. The number of H-pyrrole nitrogens is 1. The molecule has 0 bridgehead atoms. The van der Waals surface area contributed by atoms with E-state index in [0.717, 1.165) is 44.2 Å². The highest BCUT2D eigenvalue weighted by atomic mass is 16.7. The van der Waals surface area contributed by atoms with Crippen molar-refractivity contribution in [1.29, 1.82) is 0 Å². The number of hydrogen-bond acceptors (Lipinski definition) is 17. The van der Waals surface area contributed by atoms with Gasteiger partial charge in [-0.15, -0.1) is 9.94 Å². The van der Waals surface area contributed by atoms with Gasteiger partial charge in [-0.3, -0.25) is 24.7 Å². The van der Waals surface area contributed by atoms with Crippen molar-refractivity contribution in [2.24, 2.45) is 9.98 Å². The lowest BCUT2D eigenvalue weighted by molar-refractivity contribution is -0.118. The highest BCUT2D eigenvalue weighted by molar-refractivity contribution is 5.93. The first kappa shape index (κ1) is 51.6. The first-order chi connectivity index (χ1) is 35.1. The average molecular weight is 1010 g/mol. The zero-order chi connectivity index (χ0) is 51.7. The molecule has 2 aromatic heterocycles. The topological polar surface area (TPSA) is 293 Å². The number of nitrogens with zero attached hydrogens (tertiary/aromatic N) is 5. The number of carbonyl (C=O) groups excluding carboxylic acids is 4. The third-order valence-corrected chi connectivity index (χ3v) is 13.3. The number of aromatic hydroxyl groups is 2. The van der Waals surface area contributed by atoms with Gasteiger partial charge in [-0.1, -0.05) is 0 Å². The second-order valence-electron chi connectivity index (χ2n) is 19.3.